The molecule has 1 aliphatic heterocycles. The molecule has 0 radical (unpaired) electrons. The maximum absolute atomic E-state index is 6.03. The molecule has 0 aliphatic carbocycles. The minimum atomic E-state index is 0.638. The predicted molar refractivity (Wildman–Crippen MR) is 115 cm³/mol. The average molecular weight is 406 g/mol. The summed E-state index contributed by atoms with van der Waals surface area (Å²) in [6, 6.07) is 7.72. The van der Waals surface area contributed by atoms with Crippen LogP contribution in [0.3, 0.4) is 0 Å². The number of benzene rings is 1. The van der Waals surface area contributed by atoms with Crippen LogP contribution >= 0.6 is 23.8 Å². The summed E-state index contributed by atoms with van der Waals surface area (Å²) in [5.74, 6) is 1.57. The van der Waals surface area contributed by atoms with Gasteiger partial charge >= 0.3 is 0 Å². The largest absolute Gasteiger partial charge is 0.301 e. The van der Waals surface area contributed by atoms with Crippen molar-refractivity contribution in [3.05, 3.63) is 46.7 Å². The Kier molecular flexibility index (Phi) is 6.87. The summed E-state index contributed by atoms with van der Waals surface area (Å²) in [7, 11) is 0. The highest BCUT2D eigenvalue weighted by molar-refractivity contribution is 7.71. The number of nitrogens with zero attached hydrogens (tertiary/aromatic N) is 5. The normalized spacial score (nSPS) is 16.1. The first-order valence-electron chi connectivity index (χ1n) is 9.47. The van der Waals surface area contributed by atoms with Crippen LogP contribution in [0.1, 0.15) is 13.8 Å². The molecule has 0 unspecified atom stereocenters. The molecule has 1 aliphatic rings. The van der Waals surface area contributed by atoms with Crippen molar-refractivity contribution in [2.45, 2.75) is 27.1 Å². The second kappa shape index (κ2) is 9.15. The van der Waals surface area contributed by atoms with Crippen LogP contribution in [0.25, 0.3) is 11.4 Å². The van der Waals surface area contributed by atoms with Crippen LogP contribution in [0.2, 0.25) is 5.02 Å². The lowest BCUT2D eigenvalue weighted by atomic mass is 10.2. The maximum atomic E-state index is 6.03. The molecule has 5 nitrogen and oxygen atoms in total. The van der Waals surface area contributed by atoms with Crippen LogP contribution in [0.5, 0.6) is 0 Å². The first-order valence-corrected chi connectivity index (χ1v) is 10.3. The predicted octanol–water partition coefficient (Wildman–Crippen LogP) is 4.15. The number of rotatable bonds is 7. The van der Waals surface area contributed by atoms with Gasteiger partial charge in [-0.3, -0.25) is 9.47 Å². The van der Waals surface area contributed by atoms with Gasteiger partial charge in [0, 0.05) is 49.9 Å². The van der Waals surface area contributed by atoms with Crippen LogP contribution in [-0.2, 0) is 13.2 Å². The number of halogens is 1. The monoisotopic (exact) mass is 405 g/mol. The van der Waals surface area contributed by atoms with Crippen LogP contribution in [-0.4, -0.2) is 56.9 Å². The van der Waals surface area contributed by atoms with Gasteiger partial charge in [-0.05, 0) is 42.4 Å². The van der Waals surface area contributed by atoms with Crippen molar-refractivity contribution >= 4 is 23.8 Å². The van der Waals surface area contributed by atoms with Crippen molar-refractivity contribution in [1.82, 2.24) is 24.1 Å². The molecule has 1 aromatic heterocycles. The van der Waals surface area contributed by atoms with Crippen molar-refractivity contribution in [2.75, 3.05) is 32.7 Å². The Hall–Kier alpha value is -1.47. The van der Waals surface area contributed by atoms with E-state index in [1.165, 1.54) is 6.54 Å². The Morgan fingerprint density at radius 2 is 1.78 bits per heavy atom. The van der Waals surface area contributed by atoms with E-state index in [2.05, 4.69) is 30.2 Å². The van der Waals surface area contributed by atoms with E-state index in [-0.39, 0.29) is 0 Å². The Morgan fingerprint density at radius 3 is 2.37 bits per heavy atom. The van der Waals surface area contributed by atoms with Crippen molar-refractivity contribution in [3.8, 4) is 11.4 Å². The third-order valence-electron chi connectivity index (χ3n) is 4.76. The third-order valence-corrected chi connectivity index (χ3v) is 5.44. The second-order valence-electron chi connectivity index (χ2n) is 7.47. The molecule has 0 spiro atoms. The summed E-state index contributed by atoms with van der Waals surface area (Å²) < 4.78 is 4.69. The molecule has 1 fully saturated rings. The molecular formula is C20H28ClN5S. The molecule has 0 atom stereocenters. The molecule has 0 saturated carbocycles. The van der Waals surface area contributed by atoms with Gasteiger partial charge in [0.1, 0.15) is 0 Å². The summed E-state index contributed by atoms with van der Waals surface area (Å²) in [5.41, 5.74) is 1.01. The zero-order valence-corrected chi connectivity index (χ0v) is 17.7. The second-order valence-corrected chi connectivity index (χ2v) is 8.27. The molecule has 2 heterocycles. The van der Waals surface area contributed by atoms with E-state index < -0.39 is 0 Å². The number of hydrogen-bond acceptors (Lipinski definition) is 4. The molecule has 0 amide bonds. The van der Waals surface area contributed by atoms with Gasteiger partial charge in [-0.15, -0.1) is 6.58 Å². The van der Waals surface area contributed by atoms with Gasteiger partial charge in [0.25, 0.3) is 0 Å². The van der Waals surface area contributed by atoms with Crippen molar-refractivity contribution in [1.29, 1.82) is 0 Å². The Labute approximate surface area is 171 Å². The quantitative estimate of drug-likeness (QED) is 0.511. The molecule has 146 valence electrons. The van der Waals surface area contributed by atoms with Crippen molar-refractivity contribution < 1.29 is 0 Å². The zero-order valence-electron chi connectivity index (χ0n) is 16.1. The summed E-state index contributed by atoms with van der Waals surface area (Å²) in [5, 5.41) is 5.53. The minimum Gasteiger partial charge on any atom is -0.301 e. The van der Waals surface area contributed by atoms with Crippen LogP contribution in [0, 0.1) is 10.7 Å². The smallest absolute Gasteiger partial charge is 0.199 e. The standard InChI is InChI=1S/C20H28ClN5S/c1-4-9-25-19(17-5-7-18(21)8-6-17)22-26(20(25)27)15-24-12-10-23(11-13-24)14-16(2)3/h4-8,16H,1,9-15H2,2-3H3. The number of aromatic nitrogens is 3. The molecule has 1 aromatic carbocycles. The van der Waals surface area contributed by atoms with Gasteiger partial charge < -0.3 is 4.90 Å². The summed E-state index contributed by atoms with van der Waals surface area (Å²) in [4.78, 5) is 4.96. The highest BCUT2D eigenvalue weighted by Gasteiger charge is 2.19. The van der Waals surface area contributed by atoms with E-state index in [1.54, 1.807) is 0 Å². The topological polar surface area (TPSA) is 29.2 Å². The lowest BCUT2D eigenvalue weighted by Gasteiger charge is -2.35. The average Bonchev–Trinajstić information content (AvgIpc) is 2.94. The van der Waals surface area contributed by atoms with E-state index in [1.807, 2.05) is 39.6 Å². The Balaban J connectivity index is 1.76. The molecule has 27 heavy (non-hydrogen) atoms. The van der Waals surface area contributed by atoms with Crippen LogP contribution < -0.4 is 0 Å². The maximum Gasteiger partial charge on any atom is 0.199 e. The zero-order chi connectivity index (χ0) is 19.4. The van der Waals surface area contributed by atoms with Gasteiger partial charge in [-0.25, -0.2) is 4.68 Å². The van der Waals surface area contributed by atoms with E-state index in [9.17, 15) is 0 Å². The first kappa shape index (κ1) is 20.3. The molecular weight excluding hydrogens is 378 g/mol. The fourth-order valence-corrected chi connectivity index (χ4v) is 3.84. The summed E-state index contributed by atoms with van der Waals surface area (Å²) in [6.45, 7) is 15.2. The van der Waals surface area contributed by atoms with Gasteiger partial charge in [0.05, 0.1) is 6.67 Å². The summed E-state index contributed by atoms with van der Waals surface area (Å²) in [6.07, 6.45) is 1.85. The fourth-order valence-electron chi connectivity index (χ4n) is 3.46. The highest BCUT2D eigenvalue weighted by Crippen LogP contribution is 2.21. The molecule has 2 aromatic rings. The minimum absolute atomic E-state index is 0.638. The van der Waals surface area contributed by atoms with E-state index in [4.69, 9.17) is 28.9 Å². The van der Waals surface area contributed by atoms with Gasteiger partial charge in [-0.1, -0.05) is 31.5 Å². The Morgan fingerprint density at radius 1 is 1.15 bits per heavy atom. The lowest BCUT2D eigenvalue weighted by molar-refractivity contribution is 0.0950. The van der Waals surface area contributed by atoms with E-state index in [0.717, 1.165) is 49.0 Å². The molecule has 3 rings (SSSR count). The number of allylic oxidation sites excluding steroid dienone is 1. The van der Waals surface area contributed by atoms with Crippen molar-refractivity contribution in [2.24, 2.45) is 5.92 Å². The summed E-state index contributed by atoms with van der Waals surface area (Å²) >= 11 is 11.7. The first-order chi connectivity index (χ1) is 13.0. The number of hydrogen-bond donors (Lipinski definition) is 0. The SMILES string of the molecule is C=CCn1c(-c2ccc(Cl)cc2)nn(CN2CCN(CC(C)C)CC2)c1=S. The van der Waals surface area contributed by atoms with Gasteiger partial charge in [0.2, 0.25) is 0 Å². The molecule has 0 N–H and O–H groups in total. The van der Waals surface area contributed by atoms with Gasteiger partial charge in [0.15, 0.2) is 10.6 Å². The van der Waals surface area contributed by atoms with Crippen molar-refractivity contribution in [3.63, 3.8) is 0 Å². The third kappa shape index (κ3) is 5.08. The van der Waals surface area contributed by atoms with E-state index in [0.29, 0.717) is 17.5 Å². The van der Waals surface area contributed by atoms with Gasteiger partial charge in [-0.2, -0.15) is 5.10 Å². The lowest BCUT2D eigenvalue weighted by Crippen LogP contribution is -2.47. The van der Waals surface area contributed by atoms with Crippen LogP contribution in [0.4, 0.5) is 0 Å². The highest BCUT2D eigenvalue weighted by atomic mass is 35.5. The molecule has 7 heteroatoms. The fraction of sp³-hybridized carbons (Fsp3) is 0.500. The molecule has 1 saturated heterocycles. The number of piperazine rings is 1. The van der Waals surface area contributed by atoms with Crippen LogP contribution in [0.15, 0.2) is 36.9 Å². The Bertz CT molecular complexity index is 816. The van der Waals surface area contributed by atoms with E-state index >= 15 is 0 Å². The molecule has 0 bridgehead atoms.